The van der Waals surface area contributed by atoms with Crippen LogP contribution in [0.25, 0.3) is 0 Å². The summed E-state index contributed by atoms with van der Waals surface area (Å²) in [5, 5.41) is 0. The molecule has 1 rings (SSSR count). The highest BCUT2D eigenvalue weighted by Crippen LogP contribution is 2.05. The highest BCUT2D eigenvalue weighted by atomic mass is 16.5. The molecular weight excluding hydrogens is 216 g/mol. The van der Waals surface area contributed by atoms with Crippen LogP contribution in [-0.2, 0) is 11.3 Å². The second-order valence-electron chi connectivity index (χ2n) is 3.94. The van der Waals surface area contributed by atoms with Crippen LogP contribution in [-0.4, -0.2) is 17.6 Å². The molecule has 1 aromatic heterocycles. The summed E-state index contributed by atoms with van der Waals surface area (Å²) in [6.07, 6.45) is 5.97. The molecule has 0 unspecified atom stereocenters. The van der Waals surface area contributed by atoms with Crippen molar-refractivity contribution in [2.24, 2.45) is 5.73 Å². The van der Waals surface area contributed by atoms with Gasteiger partial charge in [-0.15, -0.1) is 0 Å². The number of unbranched alkanes of at least 4 members (excludes halogenated alkanes) is 3. The molecule has 17 heavy (non-hydrogen) atoms. The summed E-state index contributed by atoms with van der Waals surface area (Å²) in [5.74, 6) is -0.293. The fourth-order valence-electron chi connectivity index (χ4n) is 1.49. The molecule has 1 heterocycles. The molecule has 0 saturated carbocycles. The minimum absolute atomic E-state index is 0.293. The molecule has 0 spiro atoms. The molecule has 4 heteroatoms. The van der Waals surface area contributed by atoms with E-state index < -0.39 is 0 Å². The molecule has 94 valence electrons. The zero-order valence-corrected chi connectivity index (χ0v) is 10.3. The maximum atomic E-state index is 11.7. The molecule has 0 radical (unpaired) electrons. The number of nitrogens with zero attached hydrogens (tertiary/aromatic N) is 1. The van der Waals surface area contributed by atoms with Gasteiger partial charge in [-0.3, -0.25) is 4.98 Å². The van der Waals surface area contributed by atoms with Crippen LogP contribution in [0.4, 0.5) is 0 Å². The van der Waals surface area contributed by atoms with Gasteiger partial charge < -0.3 is 10.5 Å². The Labute approximate surface area is 102 Å². The second kappa shape index (κ2) is 7.79. The van der Waals surface area contributed by atoms with Crippen LogP contribution in [0.2, 0.25) is 0 Å². The smallest absolute Gasteiger partial charge is 0.338 e. The zero-order chi connectivity index (χ0) is 12.5. The van der Waals surface area contributed by atoms with Gasteiger partial charge in [0.25, 0.3) is 0 Å². The minimum atomic E-state index is -0.293. The fraction of sp³-hybridized carbons (Fsp3) is 0.538. The normalized spacial score (nSPS) is 10.2. The van der Waals surface area contributed by atoms with Gasteiger partial charge in [0.1, 0.15) is 0 Å². The van der Waals surface area contributed by atoms with Crippen LogP contribution in [0.3, 0.4) is 0 Å². The van der Waals surface area contributed by atoms with Crippen molar-refractivity contribution in [3.63, 3.8) is 0 Å². The number of carbonyl (C=O) groups is 1. The van der Waals surface area contributed by atoms with Crippen LogP contribution in [0.15, 0.2) is 18.3 Å². The molecule has 0 fully saturated rings. The van der Waals surface area contributed by atoms with E-state index in [-0.39, 0.29) is 5.97 Å². The van der Waals surface area contributed by atoms with Crippen LogP contribution >= 0.6 is 0 Å². The SMILES string of the molecule is CCCCCCOC(=O)c1ccnc(CN)c1. The third-order valence-corrected chi connectivity index (χ3v) is 2.49. The van der Waals surface area contributed by atoms with E-state index in [0.29, 0.717) is 24.4 Å². The van der Waals surface area contributed by atoms with Gasteiger partial charge in [0.05, 0.1) is 17.9 Å². The van der Waals surface area contributed by atoms with Crippen LogP contribution < -0.4 is 5.73 Å². The summed E-state index contributed by atoms with van der Waals surface area (Å²) < 4.78 is 5.17. The second-order valence-corrected chi connectivity index (χ2v) is 3.94. The predicted molar refractivity (Wildman–Crippen MR) is 66.6 cm³/mol. The molecule has 0 aromatic carbocycles. The van der Waals surface area contributed by atoms with Crippen molar-refractivity contribution in [2.75, 3.05) is 6.61 Å². The Morgan fingerprint density at radius 2 is 2.24 bits per heavy atom. The summed E-state index contributed by atoms with van der Waals surface area (Å²) in [5.41, 5.74) is 6.68. The number of hydrogen-bond acceptors (Lipinski definition) is 4. The van der Waals surface area contributed by atoms with Crippen LogP contribution in [0.1, 0.15) is 48.7 Å². The van der Waals surface area contributed by atoms with E-state index in [9.17, 15) is 4.79 Å². The molecule has 0 amide bonds. The Morgan fingerprint density at radius 3 is 2.94 bits per heavy atom. The van der Waals surface area contributed by atoms with Gasteiger partial charge in [-0.25, -0.2) is 4.79 Å². The number of nitrogens with two attached hydrogens (primary N) is 1. The van der Waals surface area contributed by atoms with E-state index in [4.69, 9.17) is 10.5 Å². The van der Waals surface area contributed by atoms with E-state index in [1.165, 1.54) is 12.8 Å². The molecular formula is C13H20N2O2. The van der Waals surface area contributed by atoms with Crippen molar-refractivity contribution in [1.29, 1.82) is 0 Å². The van der Waals surface area contributed by atoms with E-state index >= 15 is 0 Å². The Balaban J connectivity index is 2.36. The Bertz CT molecular complexity index is 353. The highest BCUT2D eigenvalue weighted by Gasteiger charge is 2.07. The lowest BCUT2D eigenvalue weighted by atomic mass is 10.2. The van der Waals surface area contributed by atoms with Crippen molar-refractivity contribution >= 4 is 5.97 Å². The molecule has 1 aromatic rings. The van der Waals surface area contributed by atoms with Gasteiger partial charge in [0.15, 0.2) is 0 Å². The molecule has 0 aliphatic heterocycles. The standard InChI is InChI=1S/C13H20N2O2/c1-2-3-4-5-8-17-13(16)11-6-7-15-12(9-11)10-14/h6-7,9H,2-5,8,10,14H2,1H3. The molecule has 0 aliphatic carbocycles. The van der Waals surface area contributed by atoms with Gasteiger partial charge >= 0.3 is 5.97 Å². The zero-order valence-electron chi connectivity index (χ0n) is 10.3. The summed E-state index contributed by atoms with van der Waals surface area (Å²) in [7, 11) is 0. The van der Waals surface area contributed by atoms with Gasteiger partial charge in [-0.1, -0.05) is 26.2 Å². The first kappa shape index (κ1) is 13.6. The number of pyridine rings is 1. The lowest BCUT2D eigenvalue weighted by Crippen LogP contribution is -2.08. The van der Waals surface area contributed by atoms with Crippen molar-refractivity contribution in [3.05, 3.63) is 29.6 Å². The quantitative estimate of drug-likeness (QED) is 0.582. The summed E-state index contributed by atoms with van der Waals surface area (Å²) in [6, 6.07) is 3.32. The van der Waals surface area contributed by atoms with E-state index in [1.807, 2.05) is 0 Å². The number of aromatic nitrogens is 1. The Morgan fingerprint density at radius 1 is 1.41 bits per heavy atom. The first-order valence-electron chi connectivity index (χ1n) is 6.10. The van der Waals surface area contributed by atoms with Gasteiger partial charge in [0, 0.05) is 12.7 Å². The highest BCUT2D eigenvalue weighted by molar-refractivity contribution is 5.89. The third-order valence-electron chi connectivity index (χ3n) is 2.49. The maximum absolute atomic E-state index is 11.7. The topological polar surface area (TPSA) is 65.2 Å². The number of carbonyl (C=O) groups excluding carboxylic acids is 1. The minimum Gasteiger partial charge on any atom is -0.462 e. The predicted octanol–water partition coefficient (Wildman–Crippen LogP) is 2.28. The van der Waals surface area contributed by atoms with E-state index in [1.54, 1.807) is 18.3 Å². The van der Waals surface area contributed by atoms with Crippen LogP contribution in [0, 0.1) is 0 Å². The largest absolute Gasteiger partial charge is 0.462 e. The lowest BCUT2D eigenvalue weighted by molar-refractivity contribution is 0.0497. The van der Waals surface area contributed by atoms with E-state index in [0.717, 1.165) is 12.8 Å². The van der Waals surface area contributed by atoms with Crippen molar-refractivity contribution < 1.29 is 9.53 Å². The molecule has 0 aliphatic rings. The lowest BCUT2D eigenvalue weighted by Gasteiger charge is -2.05. The monoisotopic (exact) mass is 236 g/mol. The van der Waals surface area contributed by atoms with Crippen molar-refractivity contribution in [3.8, 4) is 0 Å². The Kier molecular flexibility index (Phi) is 6.25. The van der Waals surface area contributed by atoms with Gasteiger partial charge in [-0.05, 0) is 18.6 Å². The fourth-order valence-corrected chi connectivity index (χ4v) is 1.49. The molecule has 4 nitrogen and oxygen atoms in total. The molecule has 0 bridgehead atoms. The number of ether oxygens (including phenoxy) is 1. The third kappa shape index (κ3) is 4.95. The molecule has 2 N–H and O–H groups in total. The average Bonchev–Trinajstić information content (AvgIpc) is 2.38. The first-order valence-corrected chi connectivity index (χ1v) is 6.10. The summed E-state index contributed by atoms with van der Waals surface area (Å²) in [6.45, 7) is 2.97. The number of esters is 1. The Hall–Kier alpha value is -1.42. The number of hydrogen-bond donors (Lipinski definition) is 1. The molecule has 0 atom stereocenters. The maximum Gasteiger partial charge on any atom is 0.338 e. The van der Waals surface area contributed by atoms with Crippen molar-refractivity contribution in [1.82, 2.24) is 4.98 Å². The van der Waals surface area contributed by atoms with Crippen molar-refractivity contribution in [2.45, 2.75) is 39.2 Å². The first-order chi connectivity index (χ1) is 8.27. The number of rotatable bonds is 7. The van der Waals surface area contributed by atoms with E-state index in [2.05, 4.69) is 11.9 Å². The average molecular weight is 236 g/mol. The van der Waals surface area contributed by atoms with Crippen LogP contribution in [0.5, 0.6) is 0 Å². The summed E-state index contributed by atoms with van der Waals surface area (Å²) >= 11 is 0. The molecule has 0 saturated heterocycles. The van der Waals surface area contributed by atoms with Gasteiger partial charge in [0.2, 0.25) is 0 Å². The summed E-state index contributed by atoms with van der Waals surface area (Å²) in [4.78, 5) is 15.7. The van der Waals surface area contributed by atoms with Gasteiger partial charge in [-0.2, -0.15) is 0 Å².